The van der Waals surface area contributed by atoms with Gasteiger partial charge in [-0.1, -0.05) is 17.7 Å². The first-order valence-electron chi connectivity index (χ1n) is 13.8. The largest absolute Gasteiger partial charge is 0.460 e. The Labute approximate surface area is 254 Å². The molecule has 3 aliphatic rings. The molecule has 1 spiro atoms. The first kappa shape index (κ1) is 29.3. The molecule has 0 saturated carbocycles. The van der Waals surface area contributed by atoms with E-state index in [4.69, 9.17) is 21.3 Å². The van der Waals surface area contributed by atoms with Gasteiger partial charge in [0.15, 0.2) is 5.82 Å². The zero-order chi connectivity index (χ0) is 28.5. The van der Waals surface area contributed by atoms with E-state index in [-0.39, 0.29) is 46.0 Å². The highest BCUT2D eigenvalue weighted by Crippen LogP contribution is 2.44. The third kappa shape index (κ3) is 4.96. The first-order valence-corrected chi connectivity index (χ1v) is 16.0. The van der Waals surface area contributed by atoms with Crippen molar-refractivity contribution < 1.29 is 17.5 Å². The van der Waals surface area contributed by atoms with E-state index in [1.807, 2.05) is 19.1 Å². The zero-order valence-corrected chi connectivity index (χ0v) is 25.7. The molecule has 10 nitrogen and oxygen atoms in total. The molecule has 14 heteroatoms. The van der Waals surface area contributed by atoms with Gasteiger partial charge in [0.25, 0.3) is 0 Å². The molecule has 0 radical (unpaired) electrons. The molecule has 4 aromatic rings. The van der Waals surface area contributed by atoms with E-state index in [0.29, 0.717) is 42.7 Å². The quantitative estimate of drug-likeness (QED) is 0.333. The van der Waals surface area contributed by atoms with Crippen LogP contribution in [0.4, 0.5) is 10.2 Å². The molecule has 3 fully saturated rings. The molecule has 2 aromatic carbocycles. The lowest BCUT2D eigenvalue weighted by Crippen LogP contribution is -2.54. The molecule has 0 atom stereocenters. The highest BCUT2D eigenvalue weighted by molar-refractivity contribution is 7.88. The smallest absolute Gasteiger partial charge is 0.319 e. The maximum atomic E-state index is 16.7. The summed E-state index contributed by atoms with van der Waals surface area (Å²) in [4.78, 5) is 11.6. The number of sulfonamides is 1. The molecule has 0 amide bonds. The molecule has 3 saturated heterocycles. The van der Waals surface area contributed by atoms with Crippen LogP contribution in [-0.4, -0.2) is 84.5 Å². The van der Waals surface area contributed by atoms with Crippen LogP contribution in [0.15, 0.2) is 24.4 Å². The first-order chi connectivity index (χ1) is 19.6. The normalized spacial score (nSPS) is 19.4. The van der Waals surface area contributed by atoms with Gasteiger partial charge in [-0.15, -0.1) is 12.4 Å². The summed E-state index contributed by atoms with van der Waals surface area (Å²) in [5.74, 6) is 0.0665. The minimum Gasteiger partial charge on any atom is -0.460 e. The van der Waals surface area contributed by atoms with E-state index < -0.39 is 15.8 Å². The second-order valence-corrected chi connectivity index (χ2v) is 14.0. The number of piperidine rings is 1. The Hall–Kier alpha value is -2.77. The van der Waals surface area contributed by atoms with Crippen LogP contribution < -0.4 is 15.0 Å². The van der Waals surface area contributed by atoms with Gasteiger partial charge in [0.1, 0.15) is 17.4 Å². The highest BCUT2D eigenvalue weighted by Gasteiger charge is 2.44. The number of halogens is 3. The van der Waals surface area contributed by atoms with Crippen molar-refractivity contribution in [3.63, 3.8) is 0 Å². The van der Waals surface area contributed by atoms with Crippen LogP contribution in [0.2, 0.25) is 5.02 Å². The summed E-state index contributed by atoms with van der Waals surface area (Å²) in [5.41, 5.74) is 2.91. The summed E-state index contributed by atoms with van der Waals surface area (Å²) in [7, 11) is -3.27. The fourth-order valence-corrected chi connectivity index (χ4v) is 7.62. The maximum absolute atomic E-state index is 16.7. The van der Waals surface area contributed by atoms with E-state index >= 15 is 4.39 Å². The van der Waals surface area contributed by atoms with E-state index in [1.54, 1.807) is 12.3 Å². The van der Waals surface area contributed by atoms with Gasteiger partial charge in [-0.25, -0.2) is 17.1 Å². The molecule has 7 rings (SSSR count). The molecule has 2 aromatic heterocycles. The van der Waals surface area contributed by atoms with Crippen molar-refractivity contribution in [1.29, 1.82) is 0 Å². The molecule has 0 bridgehead atoms. The fourth-order valence-electron chi connectivity index (χ4n) is 6.45. The van der Waals surface area contributed by atoms with Crippen LogP contribution in [0.25, 0.3) is 32.9 Å². The number of aromatic amines is 1. The van der Waals surface area contributed by atoms with E-state index in [9.17, 15) is 8.42 Å². The Balaban J connectivity index is 0.00000316. The van der Waals surface area contributed by atoms with Gasteiger partial charge in [0, 0.05) is 66.6 Å². The number of nitrogens with one attached hydrogen (secondary N) is 2. The number of ether oxygens (including phenoxy) is 1. The number of hydrogen-bond donors (Lipinski definition) is 2. The molecule has 0 aliphatic carbocycles. The predicted octanol–water partition coefficient (Wildman–Crippen LogP) is 4.30. The lowest BCUT2D eigenvalue weighted by Gasteiger charge is -2.39. The van der Waals surface area contributed by atoms with Crippen molar-refractivity contribution in [2.24, 2.45) is 5.41 Å². The number of nitrogens with zero attached hydrogens (tertiary/aromatic N) is 5. The average molecular weight is 637 g/mol. The molecule has 2 N–H and O–H groups in total. The fraction of sp³-hybridized carbons (Fsp3) is 0.464. The number of H-pyrrole nitrogens is 1. The van der Waals surface area contributed by atoms with Crippen molar-refractivity contribution in [2.45, 2.75) is 32.3 Å². The second kappa shape index (κ2) is 10.7. The average Bonchev–Trinajstić information content (AvgIpc) is 3.58. The molecular weight excluding hydrogens is 604 g/mol. The van der Waals surface area contributed by atoms with Crippen LogP contribution in [0, 0.1) is 18.2 Å². The number of benzene rings is 2. The van der Waals surface area contributed by atoms with Crippen LogP contribution in [0.3, 0.4) is 0 Å². The van der Waals surface area contributed by atoms with Gasteiger partial charge >= 0.3 is 6.01 Å². The topological polar surface area (TPSA) is 116 Å². The summed E-state index contributed by atoms with van der Waals surface area (Å²) in [6, 6.07) is 5.67. The summed E-state index contributed by atoms with van der Waals surface area (Å²) in [6.07, 6.45) is 4.62. The molecule has 0 unspecified atom stereocenters. The van der Waals surface area contributed by atoms with Crippen LogP contribution >= 0.6 is 24.0 Å². The Morgan fingerprint density at radius 2 is 1.88 bits per heavy atom. The Morgan fingerprint density at radius 1 is 1.12 bits per heavy atom. The summed E-state index contributed by atoms with van der Waals surface area (Å²) in [5, 5.41) is 12.1. The van der Waals surface area contributed by atoms with Crippen molar-refractivity contribution in [2.75, 3.05) is 50.4 Å². The van der Waals surface area contributed by atoms with Gasteiger partial charge in [-0.05, 0) is 43.9 Å². The number of aromatic nitrogens is 4. The Morgan fingerprint density at radius 3 is 2.55 bits per heavy atom. The van der Waals surface area contributed by atoms with E-state index in [0.717, 1.165) is 49.1 Å². The Kier molecular flexibility index (Phi) is 7.50. The number of hydrogen-bond acceptors (Lipinski definition) is 8. The minimum absolute atomic E-state index is 0. The number of fused-ring (bicyclic) bond motifs is 2. The van der Waals surface area contributed by atoms with Crippen molar-refractivity contribution in [3.05, 3.63) is 40.8 Å². The molecule has 3 aliphatic heterocycles. The standard InChI is InChI=1S/C28H31ClFN7O3S.ClH/c1-16-3-4-21-19(12-32-35-21)22(16)23-20(29)11-18-25(24(23)30)33-27(40-17-5-8-37(9-6-17)41(2,38)39)34-26(18)36-10-7-28(15-36)13-31-14-28;/h3-4,11-12,17,31H,5-10,13-15H2,1-2H3,(H,32,35);1H. The highest BCUT2D eigenvalue weighted by atomic mass is 35.5. The number of rotatable bonds is 5. The third-order valence-electron chi connectivity index (χ3n) is 8.80. The monoisotopic (exact) mass is 635 g/mol. The third-order valence-corrected chi connectivity index (χ3v) is 10.4. The van der Waals surface area contributed by atoms with Crippen molar-refractivity contribution in [1.82, 2.24) is 29.8 Å². The van der Waals surface area contributed by atoms with Gasteiger partial charge in [0.05, 0.1) is 23.0 Å². The molecule has 42 heavy (non-hydrogen) atoms. The van der Waals surface area contributed by atoms with Crippen LogP contribution in [-0.2, 0) is 10.0 Å². The van der Waals surface area contributed by atoms with Gasteiger partial charge in [-0.2, -0.15) is 15.1 Å². The van der Waals surface area contributed by atoms with Crippen LogP contribution in [0.5, 0.6) is 6.01 Å². The molecule has 224 valence electrons. The summed E-state index contributed by atoms with van der Waals surface area (Å²) < 4.78 is 48.3. The number of aryl methyl sites for hydroxylation is 1. The number of anilines is 1. The lowest BCUT2D eigenvalue weighted by molar-refractivity contribution is 0.125. The summed E-state index contributed by atoms with van der Waals surface area (Å²) in [6.45, 7) is 6.10. The van der Waals surface area contributed by atoms with Gasteiger partial charge < -0.3 is 15.0 Å². The second-order valence-electron chi connectivity index (χ2n) is 11.6. The lowest BCUT2D eigenvalue weighted by atomic mass is 9.81. The molecule has 5 heterocycles. The minimum atomic E-state index is -3.27. The van der Waals surface area contributed by atoms with Crippen LogP contribution in [0.1, 0.15) is 24.8 Å². The van der Waals surface area contributed by atoms with E-state index in [2.05, 4.69) is 25.4 Å². The van der Waals surface area contributed by atoms with Crippen molar-refractivity contribution >= 4 is 61.7 Å². The maximum Gasteiger partial charge on any atom is 0.319 e. The summed E-state index contributed by atoms with van der Waals surface area (Å²) >= 11 is 6.86. The van der Waals surface area contributed by atoms with Gasteiger partial charge in [0.2, 0.25) is 10.0 Å². The Bertz CT molecular complexity index is 1790. The predicted molar refractivity (Wildman–Crippen MR) is 164 cm³/mol. The molecular formula is C28H32Cl2FN7O3S. The van der Waals surface area contributed by atoms with Crippen molar-refractivity contribution in [3.8, 4) is 17.1 Å². The van der Waals surface area contributed by atoms with Gasteiger partial charge in [-0.3, -0.25) is 5.10 Å². The van der Waals surface area contributed by atoms with E-state index in [1.165, 1.54) is 10.6 Å². The SMILES string of the molecule is Cc1ccc2[nH]ncc2c1-c1c(Cl)cc2c(N3CCC4(CNC4)C3)nc(OC3CCN(S(C)(=O)=O)CC3)nc2c1F.Cl. The zero-order valence-electron chi connectivity index (χ0n) is 23.3.